The summed E-state index contributed by atoms with van der Waals surface area (Å²) >= 11 is 1.66. The van der Waals surface area contributed by atoms with Crippen LogP contribution in [0.3, 0.4) is 0 Å². The molecule has 0 saturated heterocycles. The highest BCUT2D eigenvalue weighted by Crippen LogP contribution is 2.23. The minimum absolute atomic E-state index is 0.00665. The third-order valence-electron chi connectivity index (χ3n) is 4.66. The summed E-state index contributed by atoms with van der Waals surface area (Å²) in [5.41, 5.74) is 4.33. The van der Waals surface area contributed by atoms with Crippen LogP contribution in [0.15, 0.2) is 53.2 Å². The predicted octanol–water partition coefficient (Wildman–Crippen LogP) is 4.46. The summed E-state index contributed by atoms with van der Waals surface area (Å²) in [6.45, 7) is 6.63. The number of carbonyl (C=O) groups is 1. The standard InChI is InChI=1S/C21H25N3OS/c1-4-19(17-8-6-5-7-9-17)21(25)22-13-20(18-10-11-26-14-18)24-16(3)12-15(2)23-24/h5-12,14,19-20H,4,13H2,1-3H3,(H,22,25)/t19-,20-/m0/s1. The first kappa shape index (κ1) is 18.4. The SMILES string of the molecule is CC[C@H](C(=O)NC[C@@H](c1ccsc1)n1nc(C)cc1C)c1ccccc1. The molecule has 2 heterocycles. The van der Waals surface area contributed by atoms with Gasteiger partial charge in [0.2, 0.25) is 5.91 Å². The Morgan fingerprint density at radius 1 is 1.19 bits per heavy atom. The van der Waals surface area contributed by atoms with E-state index < -0.39 is 0 Å². The molecular weight excluding hydrogens is 342 g/mol. The average molecular weight is 368 g/mol. The Bertz CT molecular complexity index is 840. The van der Waals surface area contributed by atoms with Gasteiger partial charge in [-0.15, -0.1) is 0 Å². The quantitative estimate of drug-likeness (QED) is 0.670. The van der Waals surface area contributed by atoms with Gasteiger partial charge < -0.3 is 5.32 Å². The Kier molecular flexibility index (Phi) is 5.89. The molecule has 5 heteroatoms. The van der Waals surface area contributed by atoms with Crippen LogP contribution in [-0.4, -0.2) is 22.2 Å². The Morgan fingerprint density at radius 2 is 1.96 bits per heavy atom. The van der Waals surface area contributed by atoms with Crippen LogP contribution in [0.25, 0.3) is 0 Å². The lowest BCUT2D eigenvalue weighted by Crippen LogP contribution is -2.35. The minimum atomic E-state index is -0.125. The highest BCUT2D eigenvalue weighted by Gasteiger charge is 2.22. The maximum absolute atomic E-state index is 12.8. The van der Waals surface area contributed by atoms with Crippen LogP contribution in [0.2, 0.25) is 0 Å². The van der Waals surface area contributed by atoms with Crippen molar-refractivity contribution in [3.8, 4) is 0 Å². The molecule has 1 amide bonds. The van der Waals surface area contributed by atoms with E-state index in [-0.39, 0.29) is 17.9 Å². The van der Waals surface area contributed by atoms with Gasteiger partial charge in [-0.3, -0.25) is 9.48 Å². The van der Waals surface area contributed by atoms with Crippen molar-refractivity contribution in [3.05, 3.63) is 75.7 Å². The first-order chi connectivity index (χ1) is 12.6. The molecule has 0 fully saturated rings. The second-order valence-corrected chi connectivity index (χ2v) is 7.34. The minimum Gasteiger partial charge on any atom is -0.353 e. The van der Waals surface area contributed by atoms with Crippen molar-refractivity contribution < 1.29 is 4.79 Å². The summed E-state index contributed by atoms with van der Waals surface area (Å²) in [7, 11) is 0. The summed E-state index contributed by atoms with van der Waals surface area (Å²) in [4.78, 5) is 12.8. The maximum Gasteiger partial charge on any atom is 0.227 e. The van der Waals surface area contributed by atoms with E-state index in [1.807, 2.05) is 41.9 Å². The van der Waals surface area contributed by atoms with Crippen LogP contribution >= 0.6 is 11.3 Å². The van der Waals surface area contributed by atoms with Crippen LogP contribution in [0.5, 0.6) is 0 Å². The fourth-order valence-corrected chi connectivity index (χ4v) is 4.06. The second-order valence-electron chi connectivity index (χ2n) is 6.56. The number of hydrogen-bond donors (Lipinski definition) is 1. The van der Waals surface area contributed by atoms with Crippen LogP contribution in [0.4, 0.5) is 0 Å². The van der Waals surface area contributed by atoms with Gasteiger partial charge in [-0.25, -0.2) is 0 Å². The summed E-state index contributed by atoms with van der Waals surface area (Å²) in [6, 6.07) is 14.2. The zero-order chi connectivity index (χ0) is 18.5. The van der Waals surface area contributed by atoms with Crippen molar-refractivity contribution in [2.45, 2.75) is 39.2 Å². The molecule has 0 unspecified atom stereocenters. The molecule has 0 aliphatic heterocycles. The summed E-state index contributed by atoms with van der Waals surface area (Å²) in [5, 5.41) is 12.0. The molecule has 26 heavy (non-hydrogen) atoms. The number of benzene rings is 1. The topological polar surface area (TPSA) is 46.9 Å². The number of nitrogens with zero attached hydrogens (tertiary/aromatic N) is 2. The van der Waals surface area contributed by atoms with E-state index in [1.165, 1.54) is 5.56 Å². The molecule has 0 spiro atoms. The van der Waals surface area contributed by atoms with Gasteiger partial charge >= 0.3 is 0 Å². The molecule has 4 nitrogen and oxygen atoms in total. The molecule has 0 aliphatic carbocycles. The van der Waals surface area contributed by atoms with Crippen molar-refractivity contribution in [1.29, 1.82) is 0 Å². The first-order valence-electron chi connectivity index (χ1n) is 8.97. The van der Waals surface area contributed by atoms with Gasteiger partial charge in [-0.1, -0.05) is 37.3 Å². The van der Waals surface area contributed by atoms with Crippen LogP contribution in [0.1, 0.15) is 47.8 Å². The zero-order valence-electron chi connectivity index (χ0n) is 15.5. The Balaban J connectivity index is 1.78. The molecule has 1 aromatic carbocycles. The fourth-order valence-electron chi connectivity index (χ4n) is 3.35. The largest absolute Gasteiger partial charge is 0.353 e. The number of amides is 1. The molecule has 2 atom stereocenters. The van der Waals surface area contributed by atoms with E-state index >= 15 is 0 Å². The lowest BCUT2D eigenvalue weighted by Gasteiger charge is -2.21. The molecule has 3 aromatic rings. The average Bonchev–Trinajstić information content (AvgIpc) is 3.27. The van der Waals surface area contributed by atoms with E-state index in [2.05, 4.69) is 47.2 Å². The summed E-state index contributed by atoms with van der Waals surface area (Å²) in [5.74, 6) is -0.0553. The summed E-state index contributed by atoms with van der Waals surface area (Å²) in [6.07, 6.45) is 0.777. The smallest absolute Gasteiger partial charge is 0.227 e. The van der Waals surface area contributed by atoms with Gasteiger partial charge in [0, 0.05) is 12.2 Å². The highest BCUT2D eigenvalue weighted by atomic mass is 32.1. The number of nitrogens with one attached hydrogen (secondary N) is 1. The molecule has 1 N–H and O–H groups in total. The predicted molar refractivity (Wildman–Crippen MR) is 107 cm³/mol. The lowest BCUT2D eigenvalue weighted by atomic mass is 9.95. The van der Waals surface area contributed by atoms with Crippen molar-refractivity contribution in [2.75, 3.05) is 6.54 Å². The van der Waals surface area contributed by atoms with Crippen molar-refractivity contribution in [1.82, 2.24) is 15.1 Å². The number of aromatic nitrogens is 2. The van der Waals surface area contributed by atoms with E-state index in [0.29, 0.717) is 6.54 Å². The van der Waals surface area contributed by atoms with E-state index in [1.54, 1.807) is 11.3 Å². The fraction of sp³-hybridized carbons (Fsp3) is 0.333. The van der Waals surface area contributed by atoms with Crippen molar-refractivity contribution in [3.63, 3.8) is 0 Å². The number of hydrogen-bond acceptors (Lipinski definition) is 3. The van der Waals surface area contributed by atoms with E-state index in [4.69, 9.17) is 0 Å². The van der Waals surface area contributed by atoms with Crippen LogP contribution in [-0.2, 0) is 4.79 Å². The van der Waals surface area contributed by atoms with Crippen LogP contribution in [0, 0.1) is 13.8 Å². The van der Waals surface area contributed by atoms with Gasteiger partial charge in [0.25, 0.3) is 0 Å². The molecule has 2 aromatic heterocycles. The second kappa shape index (κ2) is 8.32. The third-order valence-corrected chi connectivity index (χ3v) is 5.37. The van der Waals surface area contributed by atoms with Gasteiger partial charge in [0.15, 0.2) is 0 Å². The number of thiophene rings is 1. The molecule has 3 rings (SSSR count). The molecule has 0 radical (unpaired) electrons. The highest BCUT2D eigenvalue weighted by molar-refractivity contribution is 7.07. The van der Waals surface area contributed by atoms with Gasteiger partial charge in [0.1, 0.15) is 0 Å². The van der Waals surface area contributed by atoms with E-state index in [9.17, 15) is 4.79 Å². The van der Waals surface area contributed by atoms with Gasteiger partial charge in [-0.05, 0) is 54.3 Å². The molecule has 0 saturated carbocycles. The number of carbonyl (C=O) groups excluding carboxylic acids is 1. The van der Waals surface area contributed by atoms with Gasteiger partial charge in [0.05, 0.1) is 17.7 Å². The third kappa shape index (κ3) is 4.05. The Hall–Kier alpha value is -2.40. The Labute approximate surface area is 158 Å². The normalized spacial score (nSPS) is 13.3. The van der Waals surface area contributed by atoms with E-state index in [0.717, 1.165) is 23.4 Å². The Morgan fingerprint density at radius 3 is 2.54 bits per heavy atom. The molecular formula is C21H25N3OS. The zero-order valence-corrected chi connectivity index (χ0v) is 16.3. The van der Waals surface area contributed by atoms with Crippen LogP contribution < -0.4 is 5.32 Å². The molecule has 0 bridgehead atoms. The number of aryl methyl sites for hydroxylation is 2. The lowest BCUT2D eigenvalue weighted by molar-refractivity contribution is -0.122. The number of rotatable bonds is 7. The first-order valence-corrected chi connectivity index (χ1v) is 9.92. The van der Waals surface area contributed by atoms with Gasteiger partial charge in [-0.2, -0.15) is 16.4 Å². The van der Waals surface area contributed by atoms with Crippen molar-refractivity contribution in [2.24, 2.45) is 0 Å². The van der Waals surface area contributed by atoms with Crippen molar-refractivity contribution >= 4 is 17.2 Å². The summed E-state index contributed by atoms with van der Waals surface area (Å²) < 4.78 is 2.02. The monoisotopic (exact) mass is 367 g/mol. The molecule has 136 valence electrons. The molecule has 0 aliphatic rings. The maximum atomic E-state index is 12.8.